The molecule has 0 spiro atoms. The molecule has 138 valence electrons. The number of hydrogen-bond donors (Lipinski definition) is 1. The molecule has 0 saturated carbocycles. The van der Waals surface area contributed by atoms with Gasteiger partial charge in [0.05, 0.1) is 34.1 Å². The van der Waals surface area contributed by atoms with Crippen molar-refractivity contribution in [1.29, 1.82) is 0 Å². The average molecular weight is 380 g/mol. The van der Waals surface area contributed by atoms with Crippen LogP contribution in [-0.4, -0.2) is 31.6 Å². The summed E-state index contributed by atoms with van der Waals surface area (Å²) in [5, 5.41) is 12.0. The number of aliphatic hydroxyl groups excluding tert-OH is 1. The van der Waals surface area contributed by atoms with Crippen LogP contribution in [0, 0.1) is 20.8 Å². The van der Waals surface area contributed by atoms with Gasteiger partial charge in [0.1, 0.15) is 11.8 Å². The highest BCUT2D eigenvalue weighted by molar-refractivity contribution is 7.11. The van der Waals surface area contributed by atoms with Crippen molar-refractivity contribution in [2.24, 2.45) is 0 Å². The quantitative estimate of drug-likeness (QED) is 0.582. The molecule has 0 radical (unpaired) electrons. The summed E-state index contributed by atoms with van der Waals surface area (Å²) >= 11 is 1.52. The van der Waals surface area contributed by atoms with Gasteiger partial charge >= 0.3 is 0 Å². The van der Waals surface area contributed by atoms with E-state index in [1.54, 1.807) is 13.3 Å². The van der Waals surface area contributed by atoms with E-state index in [4.69, 9.17) is 4.74 Å². The van der Waals surface area contributed by atoms with Gasteiger partial charge in [0.25, 0.3) is 0 Å². The summed E-state index contributed by atoms with van der Waals surface area (Å²) in [6.07, 6.45) is 2.99. The fraction of sp³-hybridized carbons (Fsp3) is 0.250. The van der Waals surface area contributed by atoms with Gasteiger partial charge in [-0.2, -0.15) is 0 Å². The molecule has 0 bridgehead atoms. The molecule has 0 aliphatic carbocycles. The summed E-state index contributed by atoms with van der Waals surface area (Å²) in [7, 11) is 1.60. The highest BCUT2D eigenvalue weighted by Gasteiger charge is 2.23. The Labute approximate surface area is 161 Å². The average Bonchev–Trinajstić information content (AvgIpc) is 3.18. The third-order valence-electron chi connectivity index (χ3n) is 4.57. The topological polar surface area (TPSA) is 72.5 Å². The third-order valence-corrected chi connectivity index (χ3v) is 5.69. The molecule has 0 aliphatic heterocycles. The van der Waals surface area contributed by atoms with E-state index in [0.717, 1.165) is 43.7 Å². The Kier molecular flexibility index (Phi) is 4.41. The van der Waals surface area contributed by atoms with Gasteiger partial charge in [-0.05, 0) is 39.0 Å². The Bertz CT molecular complexity index is 1120. The summed E-state index contributed by atoms with van der Waals surface area (Å²) in [6, 6.07) is 7.75. The number of aryl methyl sites for hydroxylation is 3. The van der Waals surface area contributed by atoms with Gasteiger partial charge in [-0.25, -0.2) is 15.0 Å². The van der Waals surface area contributed by atoms with E-state index in [1.165, 1.54) is 11.3 Å². The van der Waals surface area contributed by atoms with E-state index in [0.29, 0.717) is 5.88 Å². The summed E-state index contributed by atoms with van der Waals surface area (Å²) < 4.78 is 7.08. The van der Waals surface area contributed by atoms with Crippen molar-refractivity contribution >= 4 is 17.0 Å². The molecule has 7 heteroatoms. The van der Waals surface area contributed by atoms with Gasteiger partial charge in [0.2, 0.25) is 5.88 Å². The van der Waals surface area contributed by atoms with Crippen LogP contribution in [0.1, 0.15) is 33.1 Å². The molecule has 6 nitrogen and oxygen atoms in total. The molecule has 1 unspecified atom stereocenters. The van der Waals surface area contributed by atoms with Gasteiger partial charge in [0, 0.05) is 29.6 Å². The van der Waals surface area contributed by atoms with E-state index < -0.39 is 6.10 Å². The second-order valence-electron chi connectivity index (χ2n) is 6.40. The first kappa shape index (κ1) is 17.6. The van der Waals surface area contributed by atoms with E-state index in [1.807, 2.05) is 55.6 Å². The predicted molar refractivity (Wildman–Crippen MR) is 105 cm³/mol. The second kappa shape index (κ2) is 6.75. The second-order valence-corrected chi connectivity index (χ2v) is 7.64. The summed E-state index contributed by atoms with van der Waals surface area (Å²) in [4.78, 5) is 14.2. The first-order valence-corrected chi connectivity index (χ1v) is 9.40. The van der Waals surface area contributed by atoms with Crippen LogP contribution in [0.25, 0.3) is 16.8 Å². The maximum absolute atomic E-state index is 11.1. The van der Waals surface area contributed by atoms with Crippen molar-refractivity contribution in [1.82, 2.24) is 19.4 Å². The fourth-order valence-electron chi connectivity index (χ4n) is 3.28. The molecule has 4 aromatic heterocycles. The highest BCUT2D eigenvalue weighted by atomic mass is 32.1. The first-order chi connectivity index (χ1) is 13.0. The molecule has 0 fully saturated rings. The molecule has 0 amide bonds. The predicted octanol–water partition coefficient (Wildman–Crippen LogP) is 3.87. The van der Waals surface area contributed by atoms with Crippen molar-refractivity contribution in [3.05, 3.63) is 63.6 Å². The third kappa shape index (κ3) is 3.09. The van der Waals surface area contributed by atoms with Crippen LogP contribution < -0.4 is 4.74 Å². The van der Waals surface area contributed by atoms with Crippen LogP contribution >= 0.6 is 11.3 Å². The standard InChI is InChI=1S/C20H20N4O2S/c1-11-18(19(25)20-12(2)22-13(3)27-20)24-10-15(5-7-16(24)23-11)14-6-8-17(26-4)21-9-14/h5-10,19,25H,1-4H3. The Morgan fingerprint density at radius 1 is 1.04 bits per heavy atom. The zero-order chi connectivity index (χ0) is 19.1. The fourth-order valence-corrected chi connectivity index (χ4v) is 4.19. The molecule has 0 aliphatic rings. The number of thiazole rings is 1. The number of fused-ring (bicyclic) bond motifs is 1. The zero-order valence-corrected chi connectivity index (χ0v) is 16.4. The Balaban J connectivity index is 1.83. The monoisotopic (exact) mass is 380 g/mol. The molecule has 0 aromatic carbocycles. The van der Waals surface area contributed by atoms with E-state index >= 15 is 0 Å². The normalized spacial score (nSPS) is 12.5. The Morgan fingerprint density at radius 3 is 2.44 bits per heavy atom. The lowest BCUT2D eigenvalue weighted by Gasteiger charge is -2.12. The molecular weight excluding hydrogens is 360 g/mol. The molecule has 27 heavy (non-hydrogen) atoms. The number of methoxy groups -OCH3 is 1. The van der Waals surface area contributed by atoms with Crippen LogP contribution in [0.2, 0.25) is 0 Å². The molecule has 1 N–H and O–H groups in total. The minimum atomic E-state index is -0.768. The lowest BCUT2D eigenvalue weighted by molar-refractivity contribution is 0.216. The summed E-state index contributed by atoms with van der Waals surface area (Å²) in [5.41, 5.74) is 5.17. The van der Waals surface area contributed by atoms with Crippen molar-refractivity contribution in [3.63, 3.8) is 0 Å². The van der Waals surface area contributed by atoms with Crippen LogP contribution in [0.3, 0.4) is 0 Å². The molecule has 4 rings (SSSR count). The SMILES string of the molecule is COc1ccc(-c2ccc3nc(C)c(C(O)c4sc(C)nc4C)n3c2)cn1. The van der Waals surface area contributed by atoms with Gasteiger partial charge in [0.15, 0.2) is 0 Å². The minimum absolute atomic E-state index is 0.574. The van der Waals surface area contributed by atoms with Gasteiger partial charge in [-0.15, -0.1) is 11.3 Å². The minimum Gasteiger partial charge on any atom is -0.481 e. The van der Waals surface area contributed by atoms with Crippen molar-refractivity contribution < 1.29 is 9.84 Å². The molecule has 4 heterocycles. The highest BCUT2D eigenvalue weighted by Crippen LogP contribution is 2.33. The smallest absolute Gasteiger partial charge is 0.212 e. The number of imidazole rings is 1. The van der Waals surface area contributed by atoms with Crippen LogP contribution in [0.15, 0.2) is 36.7 Å². The van der Waals surface area contributed by atoms with Gasteiger partial charge < -0.3 is 14.2 Å². The van der Waals surface area contributed by atoms with Gasteiger partial charge in [-0.3, -0.25) is 0 Å². The molecule has 0 saturated heterocycles. The van der Waals surface area contributed by atoms with Crippen molar-refractivity contribution in [2.45, 2.75) is 26.9 Å². The molecular formula is C20H20N4O2S. The van der Waals surface area contributed by atoms with Crippen LogP contribution in [0.5, 0.6) is 5.88 Å². The van der Waals surface area contributed by atoms with Crippen LogP contribution in [-0.2, 0) is 0 Å². The van der Waals surface area contributed by atoms with Gasteiger partial charge in [-0.1, -0.05) is 0 Å². The maximum atomic E-state index is 11.1. The maximum Gasteiger partial charge on any atom is 0.212 e. The molecule has 1 atom stereocenters. The van der Waals surface area contributed by atoms with E-state index in [2.05, 4.69) is 15.0 Å². The number of hydrogen-bond acceptors (Lipinski definition) is 6. The number of aliphatic hydroxyl groups is 1. The van der Waals surface area contributed by atoms with E-state index in [9.17, 15) is 5.11 Å². The largest absolute Gasteiger partial charge is 0.481 e. The molecule has 4 aromatic rings. The van der Waals surface area contributed by atoms with Crippen molar-refractivity contribution in [2.75, 3.05) is 7.11 Å². The number of pyridine rings is 2. The Morgan fingerprint density at radius 2 is 1.81 bits per heavy atom. The number of nitrogens with zero attached hydrogens (tertiary/aromatic N) is 4. The van der Waals surface area contributed by atoms with Crippen LogP contribution in [0.4, 0.5) is 0 Å². The number of rotatable bonds is 4. The summed E-state index contributed by atoms with van der Waals surface area (Å²) in [6.45, 7) is 5.79. The number of ether oxygens (including phenoxy) is 1. The first-order valence-electron chi connectivity index (χ1n) is 8.59. The van der Waals surface area contributed by atoms with Crippen molar-refractivity contribution in [3.8, 4) is 17.0 Å². The summed E-state index contributed by atoms with van der Waals surface area (Å²) in [5.74, 6) is 0.574. The number of aromatic nitrogens is 4. The zero-order valence-electron chi connectivity index (χ0n) is 15.6. The van der Waals surface area contributed by atoms with E-state index in [-0.39, 0.29) is 0 Å². The lowest BCUT2D eigenvalue weighted by Crippen LogP contribution is -2.05. The Hall–Kier alpha value is -2.77. The lowest BCUT2D eigenvalue weighted by atomic mass is 10.1.